The maximum Gasteiger partial charge on any atom is 0.243 e. The van der Waals surface area contributed by atoms with E-state index >= 15 is 0 Å². The number of hydrogen-bond donors (Lipinski definition) is 1. The molecule has 31 heavy (non-hydrogen) atoms. The van der Waals surface area contributed by atoms with Crippen LogP contribution in [0.25, 0.3) is 0 Å². The maximum atomic E-state index is 12.7. The fourth-order valence-electron chi connectivity index (χ4n) is 3.68. The van der Waals surface area contributed by atoms with Crippen LogP contribution in [0.1, 0.15) is 30.4 Å². The molecule has 0 aromatic heterocycles. The van der Waals surface area contributed by atoms with Crippen LogP contribution in [-0.2, 0) is 27.7 Å². The van der Waals surface area contributed by atoms with Crippen molar-refractivity contribution in [1.29, 1.82) is 0 Å². The Morgan fingerprint density at radius 1 is 1.00 bits per heavy atom. The largest absolute Gasteiger partial charge is 0.497 e. The monoisotopic (exact) mass is 446 g/mol. The summed E-state index contributed by atoms with van der Waals surface area (Å²) in [5.74, 6) is 1.19. The van der Waals surface area contributed by atoms with Crippen molar-refractivity contribution in [1.82, 2.24) is 9.62 Å². The highest BCUT2D eigenvalue weighted by Gasteiger charge is 2.25. The zero-order chi connectivity index (χ0) is 22.3. The van der Waals surface area contributed by atoms with Crippen molar-refractivity contribution < 1.29 is 22.7 Å². The smallest absolute Gasteiger partial charge is 0.243 e. The molecule has 3 rings (SSSR count). The number of sulfonamides is 1. The number of carbonyl (C=O) groups is 1. The zero-order valence-electron chi connectivity index (χ0n) is 18.1. The number of carbonyl (C=O) groups excluding carboxylic acids is 1. The molecule has 168 valence electrons. The molecule has 1 aliphatic heterocycles. The van der Waals surface area contributed by atoms with Gasteiger partial charge in [-0.15, -0.1) is 0 Å². The van der Waals surface area contributed by atoms with Crippen LogP contribution in [-0.4, -0.2) is 52.5 Å². The molecule has 0 aliphatic carbocycles. The van der Waals surface area contributed by atoms with Gasteiger partial charge in [-0.3, -0.25) is 4.79 Å². The van der Waals surface area contributed by atoms with Gasteiger partial charge >= 0.3 is 0 Å². The van der Waals surface area contributed by atoms with Gasteiger partial charge in [-0.05, 0) is 55.2 Å². The Morgan fingerprint density at radius 3 is 2.35 bits per heavy atom. The van der Waals surface area contributed by atoms with Gasteiger partial charge in [-0.25, -0.2) is 8.42 Å². The van der Waals surface area contributed by atoms with Crippen LogP contribution in [0, 0.1) is 0 Å². The highest BCUT2D eigenvalue weighted by atomic mass is 32.2. The Kier molecular flexibility index (Phi) is 7.92. The molecule has 2 aromatic rings. The molecule has 0 radical (unpaired) electrons. The van der Waals surface area contributed by atoms with Gasteiger partial charge in [0.05, 0.1) is 25.5 Å². The molecule has 1 heterocycles. The molecular weight excluding hydrogens is 416 g/mol. The lowest BCUT2D eigenvalue weighted by atomic mass is 10.1. The molecule has 0 atom stereocenters. The van der Waals surface area contributed by atoms with Crippen molar-refractivity contribution in [2.24, 2.45) is 0 Å². The first-order valence-electron chi connectivity index (χ1n) is 10.5. The summed E-state index contributed by atoms with van der Waals surface area (Å²) < 4.78 is 37.5. The average Bonchev–Trinajstić information content (AvgIpc) is 2.80. The van der Waals surface area contributed by atoms with E-state index in [0.717, 1.165) is 30.4 Å². The van der Waals surface area contributed by atoms with Gasteiger partial charge in [-0.1, -0.05) is 18.6 Å². The summed E-state index contributed by atoms with van der Waals surface area (Å²) in [7, 11) is -0.272. The molecular formula is C23H30N2O5S. The standard InChI is InChI=1S/C23H30N2O5S/c1-29-20-8-11-22(30-2)19(16-20)17-23(26)24-13-12-18-6-9-21(10-7-18)31(27,28)25-14-4-3-5-15-25/h6-11,16H,3-5,12-15,17H2,1-2H3,(H,24,26). The van der Waals surface area contributed by atoms with Gasteiger partial charge in [0.2, 0.25) is 15.9 Å². The van der Waals surface area contributed by atoms with E-state index in [4.69, 9.17) is 9.47 Å². The van der Waals surface area contributed by atoms with Crippen LogP contribution >= 0.6 is 0 Å². The van der Waals surface area contributed by atoms with Gasteiger partial charge in [0, 0.05) is 25.2 Å². The minimum Gasteiger partial charge on any atom is -0.497 e. The topological polar surface area (TPSA) is 84.9 Å². The lowest BCUT2D eigenvalue weighted by Crippen LogP contribution is -2.35. The van der Waals surface area contributed by atoms with Gasteiger partial charge in [-0.2, -0.15) is 4.31 Å². The summed E-state index contributed by atoms with van der Waals surface area (Å²) in [6, 6.07) is 12.3. The number of nitrogens with one attached hydrogen (secondary N) is 1. The molecule has 8 heteroatoms. The SMILES string of the molecule is COc1ccc(OC)c(CC(=O)NCCc2ccc(S(=O)(=O)N3CCCCC3)cc2)c1. The highest BCUT2D eigenvalue weighted by Crippen LogP contribution is 2.24. The number of ether oxygens (including phenoxy) is 2. The molecule has 0 saturated carbocycles. The van der Waals surface area contributed by atoms with Crippen LogP contribution in [0.15, 0.2) is 47.4 Å². The van der Waals surface area contributed by atoms with Crippen molar-refractivity contribution >= 4 is 15.9 Å². The summed E-state index contributed by atoms with van der Waals surface area (Å²) in [5.41, 5.74) is 1.73. The van der Waals surface area contributed by atoms with Crippen molar-refractivity contribution in [3.8, 4) is 11.5 Å². The van der Waals surface area contributed by atoms with E-state index in [1.54, 1.807) is 48.9 Å². The fourth-order valence-corrected chi connectivity index (χ4v) is 5.20. The molecule has 1 N–H and O–H groups in total. The second-order valence-corrected chi connectivity index (χ2v) is 9.50. The lowest BCUT2D eigenvalue weighted by Gasteiger charge is -2.25. The summed E-state index contributed by atoms with van der Waals surface area (Å²) in [6.45, 7) is 1.64. The van der Waals surface area contributed by atoms with E-state index in [1.165, 1.54) is 0 Å². The second kappa shape index (κ2) is 10.6. The lowest BCUT2D eigenvalue weighted by molar-refractivity contribution is -0.120. The first kappa shape index (κ1) is 23.1. The normalized spacial score (nSPS) is 14.8. The van der Waals surface area contributed by atoms with Crippen LogP contribution in [0.4, 0.5) is 0 Å². The van der Waals surface area contributed by atoms with Crippen molar-refractivity contribution in [3.63, 3.8) is 0 Å². The Hall–Kier alpha value is -2.58. The number of piperidine rings is 1. The molecule has 0 unspecified atom stereocenters. The summed E-state index contributed by atoms with van der Waals surface area (Å²) in [4.78, 5) is 12.7. The van der Waals surface area contributed by atoms with E-state index < -0.39 is 10.0 Å². The first-order chi connectivity index (χ1) is 14.9. The third-order valence-electron chi connectivity index (χ3n) is 5.45. The molecule has 2 aromatic carbocycles. The number of methoxy groups -OCH3 is 2. The van der Waals surface area contributed by atoms with Crippen LogP contribution in [0.5, 0.6) is 11.5 Å². The van der Waals surface area contributed by atoms with Gasteiger partial charge < -0.3 is 14.8 Å². The van der Waals surface area contributed by atoms with Crippen molar-refractivity contribution in [3.05, 3.63) is 53.6 Å². The average molecular weight is 447 g/mol. The third-order valence-corrected chi connectivity index (χ3v) is 7.36. The Morgan fingerprint density at radius 2 is 1.71 bits per heavy atom. The van der Waals surface area contributed by atoms with Gasteiger partial charge in [0.25, 0.3) is 0 Å². The number of rotatable bonds is 9. The molecule has 1 aliphatic rings. The van der Waals surface area contributed by atoms with E-state index in [0.29, 0.717) is 42.4 Å². The quantitative estimate of drug-likeness (QED) is 0.640. The van der Waals surface area contributed by atoms with Crippen LogP contribution in [0.3, 0.4) is 0 Å². The van der Waals surface area contributed by atoms with E-state index in [9.17, 15) is 13.2 Å². The van der Waals surface area contributed by atoms with E-state index in [1.807, 2.05) is 12.1 Å². The Bertz CT molecular complexity index is 984. The molecule has 7 nitrogen and oxygen atoms in total. The van der Waals surface area contributed by atoms with Crippen LogP contribution < -0.4 is 14.8 Å². The molecule has 0 bridgehead atoms. The zero-order valence-corrected chi connectivity index (χ0v) is 18.9. The van der Waals surface area contributed by atoms with E-state index in [-0.39, 0.29) is 12.3 Å². The second-order valence-electron chi connectivity index (χ2n) is 7.56. The first-order valence-corrected chi connectivity index (χ1v) is 11.9. The number of benzene rings is 2. The van der Waals surface area contributed by atoms with Crippen LogP contribution in [0.2, 0.25) is 0 Å². The Labute approximate surface area is 184 Å². The summed E-state index contributed by atoms with van der Waals surface area (Å²) >= 11 is 0. The predicted molar refractivity (Wildman–Crippen MR) is 119 cm³/mol. The number of amides is 1. The molecule has 1 amide bonds. The highest BCUT2D eigenvalue weighted by molar-refractivity contribution is 7.89. The third kappa shape index (κ3) is 5.98. The molecule has 0 spiro atoms. The van der Waals surface area contributed by atoms with E-state index in [2.05, 4.69) is 5.32 Å². The Balaban J connectivity index is 1.52. The van der Waals surface area contributed by atoms with Gasteiger partial charge in [0.15, 0.2) is 0 Å². The predicted octanol–water partition coefficient (Wildman–Crippen LogP) is 2.78. The van der Waals surface area contributed by atoms with Crippen molar-refractivity contribution in [2.45, 2.75) is 37.0 Å². The molecule has 1 fully saturated rings. The minimum atomic E-state index is -3.42. The minimum absolute atomic E-state index is 0.115. The van der Waals surface area contributed by atoms with Gasteiger partial charge in [0.1, 0.15) is 11.5 Å². The number of hydrogen-bond acceptors (Lipinski definition) is 5. The number of nitrogens with zero attached hydrogens (tertiary/aromatic N) is 1. The molecule has 1 saturated heterocycles. The van der Waals surface area contributed by atoms with Crippen molar-refractivity contribution in [2.75, 3.05) is 33.9 Å². The fraction of sp³-hybridized carbons (Fsp3) is 0.435. The maximum absolute atomic E-state index is 12.7. The summed E-state index contributed by atoms with van der Waals surface area (Å²) in [5, 5.41) is 2.90. The summed E-state index contributed by atoms with van der Waals surface area (Å²) in [6.07, 6.45) is 3.72.